The molecule has 0 aromatic carbocycles. The topological polar surface area (TPSA) is 37.3 Å². The van der Waals surface area contributed by atoms with Crippen molar-refractivity contribution in [3.63, 3.8) is 0 Å². The van der Waals surface area contributed by atoms with Gasteiger partial charge in [0.1, 0.15) is 0 Å². The first-order valence-corrected chi connectivity index (χ1v) is 2.61. The van der Waals surface area contributed by atoms with E-state index in [-0.39, 0.29) is 5.57 Å². The average Bonchev–Trinajstić information content (AvgIpc) is 1.65. The molecule has 0 amide bonds. The molecule has 0 heterocycles. The number of aliphatic carboxylic acids is 1. The van der Waals surface area contributed by atoms with Crippen LogP contribution in [0.2, 0.25) is 0 Å². The highest BCUT2D eigenvalue weighted by molar-refractivity contribution is 7.17. The first kappa shape index (κ1) is 6.64. The fraction of sp³-hybridized carbons (Fsp3) is 0.250. The summed E-state index contributed by atoms with van der Waals surface area (Å²) in [5.74, 6) is -0.921. The lowest BCUT2D eigenvalue weighted by Crippen LogP contribution is -1.98. The van der Waals surface area contributed by atoms with Gasteiger partial charge in [0, 0.05) is 5.57 Å². The lowest BCUT2D eigenvalue weighted by molar-refractivity contribution is -0.132. The Labute approximate surface area is 44.4 Å². The van der Waals surface area contributed by atoms with Crippen molar-refractivity contribution in [1.29, 1.82) is 0 Å². The van der Waals surface area contributed by atoms with Crippen molar-refractivity contribution in [1.82, 2.24) is 0 Å². The second-order valence-corrected chi connectivity index (χ2v) is 1.52. The zero-order valence-electron chi connectivity index (χ0n) is 3.85. The van der Waals surface area contributed by atoms with Crippen molar-refractivity contribution in [2.24, 2.45) is 0 Å². The zero-order valence-corrected chi connectivity index (χ0v) is 5.00. The van der Waals surface area contributed by atoms with E-state index in [1.807, 2.05) is 0 Å². The molecule has 1 unspecified atom stereocenters. The normalized spacial score (nSPS) is 8.14. The quantitative estimate of drug-likeness (QED) is 0.423. The molecule has 0 aliphatic rings. The highest BCUT2D eigenvalue weighted by Crippen LogP contribution is 1.93. The largest absolute Gasteiger partial charge is 0.478 e. The molecule has 0 saturated carbocycles. The maximum atomic E-state index is 9.82. The molecule has 1 N–H and O–H groups in total. The fourth-order valence-electron chi connectivity index (χ4n) is 0.0873. The van der Waals surface area contributed by atoms with Gasteiger partial charge in [-0.15, -0.1) is 9.24 Å². The third kappa shape index (κ3) is 2.35. The number of hydrogen-bond donors (Lipinski definition) is 1. The predicted molar refractivity (Wildman–Crippen MR) is 31.4 cm³/mol. The molecular formula is C4H7O2P. The van der Waals surface area contributed by atoms with Crippen LogP contribution in [-0.4, -0.2) is 17.2 Å². The monoisotopic (exact) mass is 118 g/mol. The molecule has 1 atom stereocenters. The van der Waals surface area contributed by atoms with E-state index in [0.717, 1.165) is 0 Å². The van der Waals surface area contributed by atoms with E-state index < -0.39 is 5.97 Å². The fourth-order valence-corrected chi connectivity index (χ4v) is 0.262. The van der Waals surface area contributed by atoms with Crippen LogP contribution in [0.3, 0.4) is 0 Å². The minimum Gasteiger partial charge on any atom is -0.478 e. The Morgan fingerprint density at radius 3 is 2.29 bits per heavy atom. The summed E-state index contributed by atoms with van der Waals surface area (Å²) in [6.45, 7) is 3.25. The van der Waals surface area contributed by atoms with E-state index >= 15 is 0 Å². The molecule has 0 aromatic heterocycles. The Balaban J connectivity index is 3.58. The summed E-state index contributed by atoms with van der Waals surface area (Å²) < 4.78 is 0. The van der Waals surface area contributed by atoms with Crippen LogP contribution in [0.1, 0.15) is 0 Å². The molecule has 2 nitrogen and oxygen atoms in total. The predicted octanol–water partition coefficient (Wildman–Crippen LogP) is 0.502. The summed E-state index contributed by atoms with van der Waals surface area (Å²) in [4.78, 5) is 9.82. The first-order chi connectivity index (χ1) is 3.18. The summed E-state index contributed by atoms with van der Waals surface area (Å²) in [7, 11) is 2.28. The van der Waals surface area contributed by atoms with E-state index in [1.165, 1.54) is 0 Å². The van der Waals surface area contributed by atoms with E-state index in [9.17, 15) is 4.79 Å². The number of carboxylic acid groups (broad SMARTS) is 1. The van der Waals surface area contributed by atoms with Gasteiger partial charge in [0.2, 0.25) is 0 Å². The van der Waals surface area contributed by atoms with Crippen LogP contribution in [-0.2, 0) is 4.79 Å². The average molecular weight is 118 g/mol. The van der Waals surface area contributed by atoms with Gasteiger partial charge in [-0.05, 0) is 6.16 Å². The molecule has 0 aliphatic carbocycles. The zero-order chi connectivity index (χ0) is 5.86. The van der Waals surface area contributed by atoms with Crippen molar-refractivity contribution in [3.8, 4) is 0 Å². The standard InChI is InChI=1S/C4H7O2P/c1-3(2-7)4(5)6/h1-2,7H2,(H,5,6). The maximum Gasteiger partial charge on any atom is 0.331 e. The van der Waals surface area contributed by atoms with E-state index in [0.29, 0.717) is 6.16 Å². The van der Waals surface area contributed by atoms with Crippen LogP contribution >= 0.6 is 9.24 Å². The van der Waals surface area contributed by atoms with Gasteiger partial charge in [0.25, 0.3) is 0 Å². The van der Waals surface area contributed by atoms with Gasteiger partial charge >= 0.3 is 5.97 Å². The number of carbonyl (C=O) groups is 1. The molecule has 0 bridgehead atoms. The molecule has 40 valence electrons. The molecule has 0 radical (unpaired) electrons. The smallest absolute Gasteiger partial charge is 0.331 e. The van der Waals surface area contributed by atoms with Gasteiger partial charge in [-0.3, -0.25) is 0 Å². The van der Waals surface area contributed by atoms with E-state index in [4.69, 9.17) is 5.11 Å². The number of carboxylic acids is 1. The summed E-state index contributed by atoms with van der Waals surface area (Å²) >= 11 is 0. The van der Waals surface area contributed by atoms with Crippen LogP contribution in [0.5, 0.6) is 0 Å². The summed E-state index contributed by atoms with van der Waals surface area (Å²) in [6.07, 6.45) is 0.440. The first-order valence-electron chi connectivity index (χ1n) is 1.79. The Morgan fingerprint density at radius 2 is 2.29 bits per heavy atom. The van der Waals surface area contributed by atoms with E-state index in [1.54, 1.807) is 0 Å². The molecular weight excluding hydrogens is 111 g/mol. The Hall–Kier alpha value is -0.360. The van der Waals surface area contributed by atoms with Gasteiger partial charge < -0.3 is 5.11 Å². The van der Waals surface area contributed by atoms with Crippen LogP contribution in [0, 0.1) is 0 Å². The van der Waals surface area contributed by atoms with Crippen molar-refractivity contribution in [2.75, 3.05) is 6.16 Å². The van der Waals surface area contributed by atoms with Gasteiger partial charge in [-0.1, -0.05) is 6.58 Å². The SMILES string of the molecule is C=C(CP)C(=O)O. The maximum absolute atomic E-state index is 9.82. The molecule has 0 aromatic rings. The van der Waals surface area contributed by atoms with Crippen molar-refractivity contribution >= 4 is 15.2 Å². The van der Waals surface area contributed by atoms with Crippen LogP contribution < -0.4 is 0 Å². The highest BCUT2D eigenvalue weighted by atomic mass is 31.0. The minimum atomic E-state index is -0.921. The van der Waals surface area contributed by atoms with E-state index in [2.05, 4.69) is 15.8 Å². The lowest BCUT2D eigenvalue weighted by Gasteiger charge is -1.87. The number of rotatable bonds is 2. The third-order valence-corrected chi connectivity index (χ3v) is 1.04. The highest BCUT2D eigenvalue weighted by Gasteiger charge is 1.96. The summed E-state index contributed by atoms with van der Waals surface area (Å²) in [6, 6.07) is 0. The Morgan fingerprint density at radius 1 is 1.86 bits per heavy atom. The van der Waals surface area contributed by atoms with Gasteiger partial charge in [-0.25, -0.2) is 4.79 Å². The third-order valence-electron chi connectivity index (χ3n) is 0.549. The molecule has 0 spiro atoms. The Kier molecular flexibility index (Phi) is 2.61. The van der Waals surface area contributed by atoms with Gasteiger partial charge in [0.15, 0.2) is 0 Å². The van der Waals surface area contributed by atoms with Crippen molar-refractivity contribution in [2.45, 2.75) is 0 Å². The molecule has 0 fully saturated rings. The van der Waals surface area contributed by atoms with Crippen molar-refractivity contribution in [3.05, 3.63) is 12.2 Å². The molecule has 7 heavy (non-hydrogen) atoms. The number of hydrogen-bond acceptors (Lipinski definition) is 1. The minimum absolute atomic E-state index is 0.227. The van der Waals surface area contributed by atoms with Crippen LogP contribution in [0.15, 0.2) is 12.2 Å². The second kappa shape index (κ2) is 2.75. The van der Waals surface area contributed by atoms with Crippen LogP contribution in [0.25, 0.3) is 0 Å². The summed E-state index contributed by atoms with van der Waals surface area (Å²) in [5.41, 5.74) is 0.227. The summed E-state index contributed by atoms with van der Waals surface area (Å²) in [5, 5.41) is 8.07. The lowest BCUT2D eigenvalue weighted by atomic mass is 10.4. The molecule has 3 heteroatoms. The van der Waals surface area contributed by atoms with Gasteiger partial charge in [-0.2, -0.15) is 0 Å². The second-order valence-electron chi connectivity index (χ2n) is 1.11. The van der Waals surface area contributed by atoms with Gasteiger partial charge in [0.05, 0.1) is 0 Å². The van der Waals surface area contributed by atoms with Crippen LogP contribution in [0.4, 0.5) is 0 Å². The molecule has 0 rings (SSSR count). The Bertz CT molecular complexity index is 97.9. The van der Waals surface area contributed by atoms with Crippen molar-refractivity contribution < 1.29 is 9.90 Å². The molecule has 0 saturated heterocycles. The molecule has 0 aliphatic heterocycles.